The molecule has 0 fully saturated rings. The van der Waals surface area contributed by atoms with Crippen molar-refractivity contribution in [3.8, 4) is 11.4 Å². The van der Waals surface area contributed by atoms with Crippen molar-refractivity contribution in [1.29, 1.82) is 0 Å². The van der Waals surface area contributed by atoms with E-state index in [-0.39, 0.29) is 34.2 Å². The van der Waals surface area contributed by atoms with Crippen LogP contribution >= 0.6 is 11.6 Å². The number of nitro benzene ring substituents is 1. The fourth-order valence-corrected chi connectivity index (χ4v) is 4.93. The van der Waals surface area contributed by atoms with Gasteiger partial charge in [-0.15, -0.1) is 0 Å². The van der Waals surface area contributed by atoms with E-state index in [0.717, 1.165) is 11.6 Å². The number of rotatable bonds is 8. The number of ether oxygens (including phenoxy) is 1. The molecule has 0 saturated carbocycles. The fourth-order valence-electron chi connectivity index (χ4n) is 4.68. The zero-order valence-corrected chi connectivity index (χ0v) is 23.2. The molecule has 0 spiro atoms. The third kappa shape index (κ3) is 5.29. The highest BCUT2D eigenvalue weighted by Gasteiger charge is 2.31. The Kier molecular flexibility index (Phi) is 7.58. The van der Waals surface area contributed by atoms with Gasteiger partial charge in [-0.3, -0.25) is 24.3 Å². The molecule has 0 bridgehead atoms. The maximum atomic E-state index is 14.1. The van der Waals surface area contributed by atoms with E-state index in [4.69, 9.17) is 25.7 Å². The molecule has 0 N–H and O–H groups in total. The standard InChI is InChI=1S/C30H25ClN4O6/c1-18-10-13-27(40-3)26(15-18)34-28(32-25-9-5-4-8-23(25)30(34)37)19(2)33(17-21-7-6-14-41-21)29(36)22-12-11-20(35(38)39)16-24(22)31/h4-16,19H,17H2,1-3H3. The smallest absolute Gasteiger partial charge is 0.270 e. The van der Waals surface area contributed by atoms with E-state index in [1.165, 1.54) is 35.0 Å². The lowest BCUT2D eigenvalue weighted by molar-refractivity contribution is -0.384. The van der Waals surface area contributed by atoms with Crippen molar-refractivity contribution in [3.63, 3.8) is 0 Å². The number of hydrogen-bond acceptors (Lipinski definition) is 7. The van der Waals surface area contributed by atoms with Gasteiger partial charge in [-0.1, -0.05) is 29.8 Å². The number of halogens is 1. The van der Waals surface area contributed by atoms with Crippen molar-refractivity contribution < 1.29 is 18.9 Å². The quantitative estimate of drug-likeness (QED) is 0.159. The second-order valence-electron chi connectivity index (χ2n) is 9.41. The zero-order chi connectivity index (χ0) is 29.3. The highest BCUT2D eigenvalue weighted by Crippen LogP contribution is 2.32. The Labute approximate surface area is 239 Å². The van der Waals surface area contributed by atoms with Gasteiger partial charge in [-0.2, -0.15) is 0 Å². The molecule has 0 saturated heterocycles. The van der Waals surface area contributed by atoms with Gasteiger partial charge < -0.3 is 14.1 Å². The van der Waals surface area contributed by atoms with E-state index >= 15 is 0 Å². The summed E-state index contributed by atoms with van der Waals surface area (Å²) < 4.78 is 12.6. The number of fused-ring (bicyclic) bond motifs is 1. The topological polar surface area (TPSA) is 121 Å². The van der Waals surface area contributed by atoms with Crippen LogP contribution in [0.3, 0.4) is 0 Å². The van der Waals surface area contributed by atoms with Gasteiger partial charge in [0.05, 0.1) is 58.1 Å². The Bertz CT molecular complexity index is 1830. The zero-order valence-electron chi connectivity index (χ0n) is 22.4. The molecule has 5 rings (SSSR count). The van der Waals surface area contributed by atoms with Gasteiger partial charge in [0.15, 0.2) is 0 Å². The number of amides is 1. The van der Waals surface area contributed by atoms with Crippen LogP contribution < -0.4 is 10.3 Å². The number of furan rings is 1. The summed E-state index contributed by atoms with van der Waals surface area (Å²) in [5.41, 5.74) is 1.30. The van der Waals surface area contributed by atoms with Crippen LogP contribution in [0.15, 0.2) is 88.3 Å². The van der Waals surface area contributed by atoms with Crippen LogP contribution in [0.4, 0.5) is 5.69 Å². The van der Waals surface area contributed by atoms with Crippen molar-refractivity contribution in [2.45, 2.75) is 26.4 Å². The molecule has 0 radical (unpaired) electrons. The molecule has 10 nitrogen and oxygen atoms in total. The number of aromatic nitrogens is 2. The lowest BCUT2D eigenvalue weighted by Gasteiger charge is -2.30. The monoisotopic (exact) mass is 572 g/mol. The van der Waals surface area contributed by atoms with E-state index in [0.29, 0.717) is 28.1 Å². The molecule has 3 aromatic carbocycles. The van der Waals surface area contributed by atoms with Crippen molar-refractivity contribution in [1.82, 2.24) is 14.5 Å². The van der Waals surface area contributed by atoms with Crippen molar-refractivity contribution in [2.75, 3.05) is 7.11 Å². The molecular formula is C30H25ClN4O6. The number of carbonyl (C=O) groups excluding carboxylic acids is 1. The number of carbonyl (C=O) groups is 1. The number of hydrogen-bond donors (Lipinski definition) is 0. The molecule has 0 aliphatic carbocycles. The summed E-state index contributed by atoms with van der Waals surface area (Å²) in [5, 5.41) is 11.6. The first kappa shape index (κ1) is 27.6. The lowest BCUT2D eigenvalue weighted by atomic mass is 10.1. The summed E-state index contributed by atoms with van der Waals surface area (Å²) in [4.78, 5) is 45.1. The number of nitrogens with zero attached hydrogens (tertiary/aromatic N) is 4. The fraction of sp³-hybridized carbons (Fsp3) is 0.167. The van der Waals surface area contributed by atoms with Gasteiger partial charge >= 0.3 is 0 Å². The van der Waals surface area contributed by atoms with Crippen LogP contribution in [-0.4, -0.2) is 32.4 Å². The molecule has 1 amide bonds. The van der Waals surface area contributed by atoms with E-state index in [2.05, 4.69) is 0 Å². The minimum absolute atomic E-state index is 0.00790. The van der Waals surface area contributed by atoms with E-state index in [1.807, 2.05) is 19.1 Å². The predicted molar refractivity (Wildman–Crippen MR) is 154 cm³/mol. The molecule has 5 aromatic rings. The Morgan fingerprint density at radius 3 is 2.61 bits per heavy atom. The third-order valence-corrected chi connectivity index (χ3v) is 7.09. The average Bonchev–Trinajstić information content (AvgIpc) is 3.48. The number of benzene rings is 3. The van der Waals surface area contributed by atoms with E-state index in [1.54, 1.807) is 49.4 Å². The Balaban J connectivity index is 1.73. The Morgan fingerprint density at radius 1 is 1.15 bits per heavy atom. The molecule has 2 heterocycles. The van der Waals surface area contributed by atoms with Crippen molar-refractivity contribution in [2.24, 2.45) is 0 Å². The number of para-hydroxylation sites is 1. The van der Waals surface area contributed by atoms with Crippen LogP contribution in [0.2, 0.25) is 5.02 Å². The second-order valence-corrected chi connectivity index (χ2v) is 9.82. The highest BCUT2D eigenvalue weighted by atomic mass is 35.5. The number of non-ortho nitro benzene ring substituents is 1. The Morgan fingerprint density at radius 2 is 1.93 bits per heavy atom. The normalized spacial score (nSPS) is 11.8. The first-order valence-corrected chi connectivity index (χ1v) is 13.0. The maximum Gasteiger partial charge on any atom is 0.270 e. The predicted octanol–water partition coefficient (Wildman–Crippen LogP) is 6.26. The summed E-state index contributed by atoms with van der Waals surface area (Å²) in [7, 11) is 1.51. The minimum Gasteiger partial charge on any atom is -0.495 e. The summed E-state index contributed by atoms with van der Waals surface area (Å²) in [6.45, 7) is 3.65. The Hall–Kier alpha value is -4.96. The van der Waals surface area contributed by atoms with Gasteiger partial charge in [0, 0.05) is 12.1 Å². The van der Waals surface area contributed by atoms with Crippen molar-refractivity contribution >= 4 is 34.1 Å². The highest BCUT2D eigenvalue weighted by molar-refractivity contribution is 6.34. The molecular weight excluding hydrogens is 548 g/mol. The molecule has 41 heavy (non-hydrogen) atoms. The molecule has 2 aromatic heterocycles. The molecule has 1 unspecified atom stereocenters. The summed E-state index contributed by atoms with van der Waals surface area (Å²) in [5.74, 6) is 0.672. The number of nitro groups is 1. The van der Waals surface area contributed by atoms with Crippen molar-refractivity contribution in [3.05, 3.63) is 127 Å². The number of methoxy groups -OCH3 is 1. The van der Waals surface area contributed by atoms with E-state index < -0.39 is 16.9 Å². The van der Waals surface area contributed by atoms with Gasteiger partial charge in [0.25, 0.3) is 17.2 Å². The van der Waals surface area contributed by atoms with Crippen LogP contribution in [-0.2, 0) is 6.54 Å². The van der Waals surface area contributed by atoms with Crippen LogP contribution in [0.1, 0.15) is 40.5 Å². The second kappa shape index (κ2) is 11.3. The molecule has 0 aliphatic heterocycles. The van der Waals surface area contributed by atoms with Gasteiger partial charge in [-0.25, -0.2) is 4.98 Å². The van der Waals surface area contributed by atoms with E-state index in [9.17, 15) is 19.7 Å². The lowest BCUT2D eigenvalue weighted by Crippen LogP contribution is -2.37. The van der Waals surface area contributed by atoms with Gasteiger partial charge in [0.2, 0.25) is 0 Å². The number of aryl methyl sites for hydroxylation is 1. The first-order valence-electron chi connectivity index (χ1n) is 12.6. The summed E-state index contributed by atoms with van der Waals surface area (Å²) in [6.07, 6.45) is 1.49. The van der Waals surface area contributed by atoms with Crippen LogP contribution in [0.25, 0.3) is 16.6 Å². The average molecular weight is 573 g/mol. The SMILES string of the molecule is COc1ccc(C)cc1-n1c(C(C)N(Cc2ccco2)C(=O)c2ccc([N+](=O)[O-])cc2Cl)nc2ccccc2c1=O. The first-order chi connectivity index (χ1) is 19.7. The third-order valence-electron chi connectivity index (χ3n) is 6.78. The molecule has 11 heteroatoms. The van der Waals surface area contributed by atoms with Crippen LogP contribution in [0.5, 0.6) is 5.75 Å². The largest absolute Gasteiger partial charge is 0.495 e. The molecule has 208 valence electrons. The summed E-state index contributed by atoms with van der Waals surface area (Å²) in [6, 6.07) is 18.7. The summed E-state index contributed by atoms with van der Waals surface area (Å²) >= 11 is 6.37. The van der Waals surface area contributed by atoms with Gasteiger partial charge in [0.1, 0.15) is 17.3 Å². The minimum atomic E-state index is -0.804. The molecule has 1 atom stereocenters. The molecule has 0 aliphatic rings. The maximum absolute atomic E-state index is 14.1. The van der Waals surface area contributed by atoms with Crippen LogP contribution in [0, 0.1) is 17.0 Å². The van der Waals surface area contributed by atoms with Gasteiger partial charge in [-0.05, 0) is 61.9 Å².